The molecule has 0 aromatic carbocycles. The van der Waals surface area contributed by atoms with Crippen molar-refractivity contribution in [1.29, 1.82) is 0 Å². The zero-order valence-corrected chi connectivity index (χ0v) is 15.5. The number of piperazine rings is 1. The first-order chi connectivity index (χ1) is 12.0. The maximum atomic E-state index is 13.2. The number of rotatable bonds is 3. The van der Waals surface area contributed by atoms with E-state index >= 15 is 0 Å². The van der Waals surface area contributed by atoms with Crippen LogP contribution in [0.4, 0.5) is 4.39 Å². The normalized spacial score (nSPS) is 36.0. The molecule has 142 valence electrons. The van der Waals surface area contributed by atoms with E-state index in [1.807, 2.05) is 16.7 Å². The molecule has 2 unspecified atom stereocenters. The van der Waals surface area contributed by atoms with Crippen molar-refractivity contribution in [3.05, 3.63) is 0 Å². The molecule has 1 aliphatic heterocycles. The average molecular weight is 354 g/mol. The molecule has 0 aromatic heterocycles. The van der Waals surface area contributed by atoms with Gasteiger partial charge in [-0.15, -0.1) is 0 Å². The van der Waals surface area contributed by atoms with Gasteiger partial charge in [0.05, 0.1) is 18.2 Å². The van der Waals surface area contributed by atoms with E-state index in [0.29, 0.717) is 32.2 Å². The summed E-state index contributed by atoms with van der Waals surface area (Å²) in [6.45, 7) is 4.32. The Morgan fingerprint density at radius 3 is 2.32 bits per heavy atom. The van der Waals surface area contributed by atoms with Gasteiger partial charge in [-0.3, -0.25) is 9.59 Å². The van der Waals surface area contributed by atoms with Gasteiger partial charge in [-0.1, -0.05) is 12.8 Å². The molecule has 0 N–H and O–H groups in total. The summed E-state index contributed by atoms with van der Waals surface area (Å²) in [5.74, 6) is 0.130. The standard InChI is InChI=1S/C19H31FN2O3/c1-13-11-21(17-5-3-4-6-18(17)22(13)14(2)23)19(24)12-25-16-9-7-15(20)8-10-16/h13,15-18H,3-12H2,1-2H3/t13-,15?,16?,17?,18?/m0/s1. The third-order valence-electron chi connectivity index (χ3n) is 6.12. The molecule has 0 aromatic rings. The first kappa shape index (κ1) is 18.6. The van der Waals surface area contributed by atoms with Crippen molar-refractivity contribution in [3.63, 3.8) is 0 Å². The van der Waals surface area contributed by atoms with Gasteiger partial charge in [-0.2, -0.15) is 0 Å². The second kappa shape index (κ2) is 8.02. The van der Waals surface area contributed by atoms with Crippen molar-refractivity contribution < 1.29 is 18.7 Å². The van der Waals surface area contributed by atoms with E-state index in [0.717, 1.165) is 25.7 Å². The van der Waals surface area contributed by atoms with Crippen molar-refractivity contribution in [2.45, 2.75) is 95.6 Å². The first-order valence-electron chi connectivity index (χ1n) is 9.81. The molecule has 3 aliphatic rings. The Morgan fingerprint density at radius 2 is 1.68 bits per heavy atom. The van der Waals surface area contributed by atoms with Gasteiger partial charge >= 0.3 is 0 Å². The second-order valence-corrected chi connectivity index (χ2v) is 7.93. The average Bonchev–Trinajstić information content (AvgIpc) is 2.59. The zero-order valence-electron chi connectivity index (χ0n) is 15.5. The van der Waals surface area contributed by atoms with E-state index in [1.54, 1.807) is 6.92 Å². The van der Waals surface area contributed by atoms with Crippen LogP contribution >= 0.6 is 0 Å². The summed E-state index contributed by atoms with van der Waals surface area (Å²) < 4.78 is 19.0. The fraction of sp³-hybridized carbons (Fsp3) is 0.895. The number of fused-ring (bicyclic) bond motifs is 1. The van der Waals surface area contributed by atoms with Crippen LogP contribution in [0.2, 0.25) is 0 Å². The summed E-state index contributed by atoms with van der Waals surface area (Å²) in [7, 11) is 0. The highest BCUT2D eigenvalue weighted by atomic mass is 19.1. The monoisotopic (exact) mass is 354 g/mol. The fourth-order valence-electron chi connectivity index (χ4n) is 4.91. The Balaban J connectivity index is 1.60. The van der Waals surface area contributed by atoms with Crippen LogP contribution in [-0.2, 0) is 14.3 Å². The smallest absolute Gasteiger partial charge is 0.248 e. The zero-order chi connectivity index (χ0) is 18.0. The van der Waals surface area contributed by atoms with E-state index in [1.165, 1.54) is 0 Å². The minimum Gasteiger partial charge on any atom is -0.368 e. The van der Waals surface area contributed by atoms with Crippen molar-refractivity contribution in [3.8, 4) is 0 Å². The van der Waals surface area contributed by atoms with E-state index in [-0.39, 0.29) is 42.7 Å². The van der Waals surface area contributed by atoms with E-state index in [4.69, 9.17) is 4.74 Å². The number of halogens is 1. The molecule has 25 heavy (non-hydrogen) atoms. The molecular formula is C19H31FN2O3. The topological polar surface area (TPSA) is 49.9 Å². The van der Waals surface area contributed by atoms with Gasteiger partial charge in [0.25, 0.3) is 0 Å². The van der Waals surface area contributed by atoms with Crippen LogP contribution in [0, 0.1) is 0 Å². The van der Waals surface area contributed by atoms with Gasteiger partial charge in [0, 0.05) is 19.5 Å². The van der Waals surface area contributed by atoms with E-state index in [2.05, 4.69) is 0 Å². The van der Waals surface area contributed by atoms with Crippen LogP contribution in [-0.4, -0.2) is 65.2 Å². The number of amides is 2. The van der Waals surface area contributed by atoms with Gasteiger partial charge < -0.3 is 14.5 Å². The quantitative estimate of drug-likeness (QED) is 0.783. The molecule has 2 saturated carbocycles. The second-order valence-electron chi connectivity index (χ2n) is 7.93. The number of nitrogens with zero attached hydrogens (tertiary/aromatic N) is 2. The summed E-state index contributed by atoms with van der Waals surface area (Å²) in [5.41, 5.74) is 0. The fourth-order valence-corrected chi connectivity index (χ4v) is 4.91. The van der Waals surface area contributed by atoms with Crippen molar-refractivity contribution >= 4 is 11.8 Å². The molecule has 5 nitrogen and oxygen atoms in total. The number of hydrogen-bond acceptors (Lipinski definition) is 3. The van der Waals surface area contributed by atoms with Crippen molar-refractivity contribution in [2.24, 2.45) is 0 Å². The van der Waals surface area contributed by atoms with Gasteiger partial charge in [-0.25, -0.2) is 4.39 Å². The molecule has 0 spiro atoms. The predicted molar refractivity (Wildman–Crippen MR) is 92.8 cm³/mol. The lowest BCUT2D eigenvalue weighted by Gasteiger charge is -2.52. The lowest BCUT2D eigenvalue weighted by molar-refractivity contribution is -0.157. The molecule has 6 heteroatoms. The number of alkyl halides is 1. The van der Waals surface area contributed by atoms with Gasteiger partial charge in [0.15, 0.2) is 0 Å². The summed E-state index contributed by atoms with van der Waals surface area (Å²) in [4.78, 5) is 28.8. The van der Waals surface area contributed by atoms with Crippen LogP contribution in [0.1, 0.15) is 65.2 Å². The van der Waals surface area contributed by atoms with Gasteiger partial charge in [0.1, 0.15) is 12.8 Å². The molecule has 0 bridgehead atoms. The summed E-state index contributed by atoms with van der Waals surface area (Å²) >= 11 is 0. The number of carbonyl (C=O) groups excluding carboxylic acids is 2. The molecule has 2 amide bonds. The van der Waals surface area contributed by atoms with Crippen LogP contribution in [0.5, 0.6) is 0 Å². The minimum atomic E-state index is -0.709. The lowest BCUT2D eigenvalue weighted by Crippen LogP contribution is -2.66. The maximum absolute atomic E-state index is 13.2. The first-order valence-corrected chi connectivity index (χ1v) is 9.81. The molecule has 3 atom stereocenters. The number of hydrogen-bond donors (Lipinski definition) is 0. The van der Waals surface area contributed by atoms with Gasteiger partial charge in [-0.05, 0) is 45.4 Å². The molecule has 3 fully saturated rings. The molecular weight excluding hydrogens is 323 g/mol. The van der Waals surface area contributed by atoms with Gasteiger partial charge in [0.2, 0.25) is 11.8 Å². The van der Waals surface area contributed by atoms with E-state index < -0.39 is 6.17 Å². The molecule has 0 radical (unpaired) electrons. The summed E-state index contributed by atoms with van der Waals surface area (Å²) in [6, 6.07) is 0.301. The Kier molecular flexibility index (Phi) is 5.97. The SMILES string of the molecule is CC(=O)N1C2CCCCC2N(C(=O)COC2CCC(F)CC2)C[C@@H]1C. The minimum absolute atomic E-state index is 0.00837. The number of carbonyl (C=O) groups is 2. The molecule has 1 heterocycles. The van der Waals surface area contributed by atoms with Crippen LogP contribution in [0.15, 0.2) is 0 Å². The van der Waals surface area contributed by atoms with Crippen LogP contribution in [0.3, 0.4) is 0 Å². The van der Waals surface area contributed by atoms with E-state index in [9.17, 15) is 14.0 Å². The summed E-state index contributed by atoms with van der Waals surface area (Å²) in [5, 5.41) is 0. The highest BCUT2D eigenvalue weighted by Gasteiger charge is 2.44. The third kappa shape index (κ3) is 4.15. The molecule has 2 aliphatic carbocycles. The lowest BCUT2D eigenvalue weighted by atomic mass is 9.84. The number of ether oxygens (including phenoxy) is 1. The predicted octanol–water partition coefficient (Wildman–Crippen LogP) is 2.67. The Morgan fingerprint density at radius 1 is 1.04 bits per heavy atom. The Labute approximate surface area is 149 Å². The van der Waals surface area contributed by atoms with Crippen LogP contribution < -0.4 is 0 Å². The molecule has 1 saturated heterocycles. The largest absolute Gasteiger partial charge is 0.368 e. The van der Waals surface area contributed by atoms with Crippen LogP contribution in [0.25, 0.3) is 0 Å². The third-order valence-corrected chi connectivity index (χ3v) is 6.12. The highest BCUT2D eigenvalue weighted by molar-refractivity contribution is 5.79. The molecule has 3 rings (SSSR count). The Bertz CT molecular complexity index is 493. The maximum Gasteiger partial charge on any atom is 0.248 e. The van der Waals surface area contributed by atoms with Crippen molar-refractivity contribution in [2.75, 3.05) is 13.2 Å². The van der Waals surface area contributed by atoms with Crippen molar-refractivity contribution in [1.82, 2.24) is 9.80 Å². The summed E-state index contributed by atoms with van der Waals surface area (Å²) in [6.07, 6.45) is 5.93. The Hall–Kier alpha value is -1.17. The highest BCUT2D eigenvalue weighted by Crippen LogP contribution is 2.33.